The van der Waals surface area contributed by atoms with Gasteiger partial charge in [0.25, 0.3) is 0 Å². The van der Waals surface area contributed by atoms with Crippen LogP contribution >= 0.6 is 11.8 Å². The number of nitriles is 1. The molecule has 1 aromatic heterocycles. The molecule has 0 N–H and O–H groups in total. The largest absolute Gasteiger partial charge is 0.314 e. The molecule has 0 amide bonds. The van der Waals surface area contributed by atoms with Gasteiger partial charge in [0.1, 0.15) is 0 Å². The van der Waals surface area contributed by atoms with Crippen LogP contribution in [0.2, 0.25) is 0 Å². The first-order chi connectivity index (χ1) is 14.4. The maximum atomic E-state index is 8.97. The van der Waals surface area contributed by atoms with Gasteiger partial charge in [-0.25, -0.2) is 4.98 Å². The maximum absolute atomic E-state index is 8.97. The monoisotopic (exact) mass is 395 g/mol. The Labute approximate surface area is 175 Å². The summed E-state index contributed by atoms with van der Waals surface area (Å²) in [5.41, 5.74) is 5.55. The summed E-state index contributed by atoms with van der Waals surface area (Å²) in [6.45, 7) is 0.736. The van der Waals surface area contributed by atoms with Gasteiger partial charge in [0.05, 0.1) is 24.0 Å². The molecule has 0 aliphatic rings. The van der Waals surface area contributed by atoms with Gasteiger partial charge in [-0.3, -0.25) is 0 Å². The molecule has 4 aromatic rings. The van der Waals surface area contributed by atoms with E-state index in [1.807, 2.05) is 30.3 Å². The lowest BCUT2D eigenvalue weighted by molar-refractivity contribution is 0.715. The van der Waals surface area contributed by atoms with Crippen molar-refractivity contribution < 1.29 is 0 Å². The van der Waals surface area contributed by atoms with Crippen molar-refractivity contribution in [2.75, 3.05) is 5.75 Å². The summed E-state index contributed by atoms with van der Waals surface area (Å²) in [4.78, 5) is 5.04. The molecule has 1 heterocycles. The molecule has 29 heavy (non-hydrogen) atoms. The molecule has 0 fully saturated rings. The normalized spacial score (nSPS) is 10.6. The lowest BCUT2D eigenvalue weighted by Gasteiger charge is -2.13. The molecule has 142 valence electrons. The van der Waals surface area contributed by atoms with Gasteiger partial charge in [0.2, 0.25) is 0 Å². The van der Waals surface area contributed by atoms with Gasteiger partial charge >= 0.3 is 0 Å². The Bertz CT molecular complexity index is 1100. The van der Waals surface area contributed by atoms with Crippen molar-refractivity contribution in [3.63, 3.8) is 0 Å². The van der Waals surface area contributed by atoms with Crippen LogP contribution < -0.4 is 0 Å². The third kappa shape index (κ3) is 4.42. The van der Waals surface area contributed by atoms with Gasteiger partial charge in [0, 0.05) is 23.3 Å². The summed E-state index contributed by atoms with van der Waals surface area (Å²) in [6.07, 6.45) is 0.504. The van der Waals surface area contributed by atoms with Crippen LogP contribution in [-0.4, -0.2) is 15.3 Å². The van der Waals surface area contributed by atoms with Crippen LogP contribution in [-0.2, 0) is 6.54 Å². The van der Waals surface area contributed by atoms with Crippen molar-refractivity contribution in [1.29, 1.82) is 5.26 Å². The topological polar surface area (TPSA) is 41.6 Å². The zero-order valence-corrected chi connectivity index (χ0v) is 16.8. The fourth-order valence-electron chi connectivity index (χ4n) is 3.33. The average Bonchev–Trinajstić information content (AvgIpc) is 3.14. The minimum absolute atomic E-state index is 0.504. The Morgan fingerprint density at radius 1 is 0.793 bits per heavy atom. The van der Waals surface area contributed by atoms with E-state index in [1.165, 1.54) is 5.56 Å². The van der Waals surface area contributed by atoms with Crippen LogP contribution in [0.4, 0.5) is 0 Å². The highest BCUT2D eigenvalue weighted by Gasteiger charge is 2.20. The first-order valence-electron chi connectivity index (χ1n) is 9.62. The van der Waals surface area contributed by atoms with Crippen LogP contribution in [0.25, 0.3) is 22.5 Å². The molecule has 0 aliphatic carbocycles. The fraction of sp³-hybridized carbons (Fsp3) is 0.120. The van der Waals surface area contributed by atoms with Gasteiger partial charge < -0.3 is 4.57 Å². The summed E-state index contributed by atoms with van der Waals surface area (Å²) in [5, 5.41) is 9.92. The molecule has 0 bridgehead atoms. The van der Waals surface area contributed by atoms with E-state index in [0.29, 0.717) is 6.42 Å². The minimum atomic E-state index is 0.504. The summed E-state index contributed by atoms with van der Waals surface area (Å²) >= 11 is 1.64. The minimum Gasteiger partial charge on any atom is -0.314 e. The number of hydrogen-bond donors (Lipinski definition) is 0. The molecule has 0 atom stereocenters. The predicted octanol–water partition coefficient (Wildman–Crippen LogP) is 6.27. The van der Waals surface area contributed by atoms with Crippen LogP contribution in [0.3, 0.4) is 0 Å². The third-order valence-corrected chi connectivity index (χ3v) is 5.63. The van der Waals surface area contributed by atoms with E-state index in [1.54, 1.807) is 11.8 Å². The quantitative estimate of drug-likeness (QED) is 0.273. The van der Waals surface area contributed by atoms with Gasteiger partial charge in [-0.1, -0.05) is 103 Å². The van der Waals surface area contributed by atoms with Crippen molar-refractivity contribution >= 4 is 11.8 Å². The maximum Gasteiger partial charge on any atom is 0.169 e. The van der Waals surface area contributed by atoms with Crippen molar-refractivity contribution in [3.8, 4) is 28.6 Å². The predicted molar refractivity (Wildman–Crippen MR) is 120 cm³/mol. The first-order valence-corrected chi connectivity index (χ1v) is 10.6. The van der Waals surface area contributed by atoms with E-state index in [0.717, 1.165) is 40.0 Å². The van der Waals surface area contributed by atoms with Crippen LogP contribution in [0.1, 0.15) is 12.0 Å². The van der Waals surface area contributed by atoms with Crippen LogP contribution in [0.15, 0.2) is 96.2 Å². The number of thioether (sulfide) groups is 1. The van der Waals surface area contributed by atoms with Crippen molar-refractivity contribution in [2.24, 2.45) is 0 Å². The summed E-state index contributed by atoms with van der Waals surface area (Å²) in [6, 6.07) is 33.4. The highest BCUT2D eigenvalue weighted by molar-refractivity contribution is 7.99. The number of rotatable bonds is 7. The second kappa shape index (κ2) is 9.27. The van der Waals surface area contributed by atoms with Crippen molar-refractivity contribution in [3.05, 3.63) is 96.6 Å². The fourth-order valence-corrected chi connectivity index (χ4v) is 4.17. The smallest absolute Gasteiger partial charge is 0.169 e. The number of benzene rings is 3. The molecule has 0 spiro atoms. The zero-order chi connectivity index (χ0) is 19.9. The number of nitrogens with zero attached hydrogens (tertiary/aromatic N) is 3. The average molecular weight is 396 g/mol. The third-order valence-electron chi connectivity index (χ3n) is 4.66. The number of aromatic nitrogens is 2. The number of hydrogen-bond acceptors (Lipinski definition) is 3. The van der Waals surface area contributed by atoms with Crippen molar-refractivity contribution in [2.45, 2.75) is 18.1 Å². The number of imidazole rings is 1. The second-order valence-electron chi connectivity index (χ2n) is 6.65. The lowest BCUT2D eigenvalue weighted by Crippen LogP contribution is -2.04. The molecule has 0 aliphatic heterocycles. The highest BCUT2D eigenvalue weighted by Crippen LogP contribution is 2.36. The molecular formula is C25H21N3S. The summed E-state index contributed by atoms with van der Waals surface area (Å²) in [7, 11) is 0. The first kappa shape index (κ1) is 19.0. The Balaban J connectivity index is 1.89. The molecule has 0 unspecified atom stereocenters. The van der Waals surface area contributed by atoms with Gasteiger partial charge in [0.15, 0.2) is 5.16 Å². The Hall–Kier alpha value is -3.29. The zero-order valence-electron chi connectivity index (χ0n) is 16.0. The lowest BCUT2D eigenvalue weighted by atomic mass is 10.0. The molecule has 3 aromatic carbocycles. The molecule has 0 saturated carbocycles. The van der Waals surface area contributed by atoms with Gasteiger partial charge in [-0.05, 0) is 5.56 Å². The molecule has 4 heteroatoms. The molecular weight excluding hydrogens is 374 g/mol. The summed E-state index contributed by atoms with van der Waals surface area (Å²) in [5.74, 6) is 0.727. The van der Waals surface area contributed by atoms with E-state index in [9.17, 15) is 0 Å². The van der Waals surface area contributed by atoms with Gasteiger partial charge in [-0.2, -0.15) is 5.26 Å². The summed E-state index contributed by atoms with van der Waals surface area (Å²) < 4.78 is 2.29. The van der Waals surface area contributed by atoms with Crippen LogP contribution in [0, 0.1) is 11.3 Å². The highest BCUT2D eigenvalue weighted by atomic mass is 32.2. The second-order valence-corrected chi connectivity index (χ2v) is 7.71. The Morgan fingerprint density at radius 3 is 2.00 bits per heavy atom. The van der Waals surface area contributed by atoms with E-state index in [-0.39, 0.29) is 0 Å². The van der Waals surface area contributed by atoms with Gasteiger partial charge in [-0.15, -0.1) is 0 Å². The SMILES string of the molecule is N#CCCSc1nc(-c2ccccc2)c(-c2ccccc2)n1Cc1ccccc1. The van der Waals surface area contributed by atoms with E-state index < -0.39 is 0 Å². The van der Waals surface area contributed by atoms with E-state index in [4.69, 9.17) is 10.2 Å². The molecule has 4 rings (SSSR count). The standard InChI is InChI=1S/C25H21N3S/c26-17-10-18-29-25-27-23(21-13-6-2-7-14-21)24(22-15-8-3-9-16-22)28(25)19-20-11-4-1-5-12-20/h1-9,11-16H,10,18-19H2. The van der Waals surface area contributed by atoms with Crippen molar-refractivity contribution in [1.82, 2.24) is 9.55 Å². The molecule has 0 radical (unpaired) electrons. The van der Waals surface area contributed by atoms with E-state index in [2.05, 4.69) is 71.3 Å². The molecule has 3 nitrogen and oxygen atoms in total. The molecule has 0 saturated heterocycles. The van der Waals surface area contributed by atoms with Crippen LogP contribution in [0.5, 0.6) is 0 Å². The Morgan fingerprint density at radius 2 is 1.38 bits per heavy atom. The Kier molecular flexibility index (Phi) is 6.09. The van der Waals surface area contributed by atoms with E-state index >= 15 is 0 Å².